The molecule has 0 unspecified atom stereocenters. The van der Waals surface area contributed by atoms with E-state index in [0.717, 1.165) is 43.6 Å². The van der Waals surface area contributed by atoms with Crippen molar-refractivity contribution in [2.45, 2.75) is 78.6 Å². The molecule has 0 atom stereocenters. The number of carboxylic acid groups (broad SMARTS) is 1. The van der Waals surface area contributed by atoms with E-state index in [4.69, 9.17) is 4.74 Å². The van der Waals surface area contributed by atoms with Crippen LogP contribution in [0.15, 0.2) is 18.2 Å². The number of aromatic carboxylic acids is 1. The van der Waals surface area contributed by atoms with E-state index in [1.54, 1.807) is 6.07 Å². The molecule has 3 nitrogen and oxygen atoms in total. The Bertz CT molecular complexity index is 480. The Morgan fingerprint density at radius 2 is 1.83 bits per heavy atom. The van der Waals surface area contributed by atoms with Crippen LogP contribution >= 0.6 is 0 Å². The van der Waals surface area contributed by atoms with E-state index in [1.807, 2.05) is 12.1 Å². The van der Waals surface area contributed by atoms with Crippen LogP contribution in [0.4, 0.5) is 0 Å². The lowest BCUT2D eigenvalue weighted by atomic mass is 10.0. The minimum atomic E-state index is -0.903. The Morgan fingerprint density at radius 3 is 2.50 bits per heavy atom. The highest BCUT2D eigenvalue weighted by Crippen LogP contribution is 2.22. The van der Waals surface area contributed by atoms with Gasteiger partial charge in [0.1, 0.15) is 11.3 Å². The first-order valence-corrected chi connectivity index (χ1v) is 9.53. The fourth-order valence-corrected chi connectivity index (χ4v) is 2.80. The molecule has 0 amide bonds. The molecule has 0 radical (unpaired) electrons. The van der Waals surface area contributed by atoms with Gasteiger partial charge in [-0.1, -0.05) is 65.4 Å². The lowest BCUT2D eigenvalue weighted by Gasteiger charge is -2.11. The van der Waals surface area contributed by atoms with Gasteiger partial charge in [0.2, 0.25) is 0 Å². The number of hydrogen-bond acceptors (Lipinski definition) is 2. The van der Waals surface area contributed by atoms with Crippen molar-refractivity contribution in [1.29, 1.82) is 0 Å². The highest BCUT2D eigenvalue weighted by atomic mass is 16.5. The van der Waals surface area contributed by atoms with Crippen molar-refractivity contribution in [2.75, 3.05) is 6.61 Å². The molecule has 0 spiro atoms. The van der Waals surface area contributed by atoms with Gasteiger partial charge in [0, 0.05) is 0 Å². The summed E-state index contributed by atoms with van der Waals surface area (Å²) in [6, 6.07) is 5.62. The average molecular weight is 334 g/mol. The summed E-state index contributed by atoms with van der Waals surface area (Å²) >= 11 is 0. The number of benzene rings is 1. The number of carbonyl (C=O) groups is 1. The van der Waals surface area contributed by atoms with Gasteiger partial charge in [0.25, 0.3) is 0 Å². The van der Waals surface area contributed by atoms with E-state index in [9.17, 15) is 9.90 Å². The third-order valence-electron chi connectivity index (χ3n) is 4.28. The SMILES string of the molecule is CCCCCOc1ccc(CCCCCCC(C)C)cc1C(=O)O. The normalized spacial score (nSPS) is 11.0. The van der Waals surface area contributed by atoms with Crippen LogP contribution in [0.2, 0.25) is 0 Å². The number of carboxylic acids is 1. The van der Waals surface area contributed by atoms with Crippen LogP contribution < -0.4 is 4.74 Å². The largest absolute Gasteiger partial charge is 0.493 e. The van der Waals surface area contributed by atoms with E-state index >= 15 is 0 Å². The zero-order valence-electron chi connectivity index (χ0n) is 15.6. The Hall–Kier alpha value is -1.51. The quantitative estimate of drug-likeness (QED) is 0.443. The number of aryl methyl sites for hydroxylation is 1. The molecule has 0 fully saturated rings. The Balaban J connectivity index is 2.45. The summed E-state index contributed by atoms with van der Waals surface area (Å²) in [5.41, 5.74) is 1.39. The first-order chi connectivity index (χ1) is 11.5. The fraction of sp³-hybridized carbons (Fsp3) is 0.667. The Kier molecular flexibility index (Phi) is 10.2. The Labute approximate surface area is 147 Å². The number of hydrogen-bond donors (Lipinski definition) is 1. The molecule has 0 saturated heterocycles. The van der Waals surface area contributed by atoms with Gasteiger partial charge < -0.3 is 9.84 Å². The van der Waals surface area contributed by atoms with Crippen LogP contribution in [0, 0.1) is 5.92 Å². The first-order valence-electron chi connectivity index (χ1n) is 9.53. The fourth-order valence-electron chi connectivity index (χ4n) is 2.80. The van der Waals surface area contributed by atoms with Gasteiger partial charge >= 0.3 is 5.97 Å². The van der Waals surface area contributed by atoms with E-state index in [-0.39, 0.29) is 0 Å². The zero-order valence-corrected chi connectivity index (χ0v) is 15.6. The summed E-state index contributed by atoms with van der Waals surface area (Å²) in [4.78, 5) is 11.5. The minimum Gasteiger partial charge on any atom is -0.493 e. The third-order valence-corrected chi connectivity index (χ3v) is 4.28. The van der Waals surface area contributed by atoms with Crippen LogP contribution in [0.25, 0.3) is 0 Å². The van der Waals surface area contributed by atoms with Gasteiger partial charge in [-0.3, -0.25) is 0 Å². The molecule has 1 rings (SSSR count). The van der Waals surface area contributed by atoms with Gasteiger partial charge in [-0.15, -0.1) is 0 Å². The van der Waals surface area contributed by atoms with Crippen LogP contribution in [0.3, 0.4) is 0 Å². The van der Waals surface area contributed by atoms with E-state index < -0.39 is 5.97 Å². The van der Waals surface area contributed by atoms with Gasteiger partial charge in [0.05, 0.1) is 6.61 Å². The maximum Gasteiger partial charge on any atom is 0.339 e. The molecule has 0 aromatic heterocycles. The summed E-state index contributed by atoms with van der Waals surface area (Å²) in [6.45, 7) is 7.25. The lowest BCUT2D eigenvalue weighted by Crippen LogP contribution is -2.05. The lowest BCUT2D eigenvalue weighted by molar-refractivity contribution is 0.0692. The van der Waals surface area contributed by atoms with Gasteiger partial charge in [-0.25, -0.2) is 4.79 Å². The summed E-state index contributed by atoms with van der Waals surface area (Å²) in [7, 11) is 0. The standard InChI is InChI=1S/C21H34O3/c1-4-5-10-15-24-20-14-13-18(16-19(20)21(22)23)12-9-7-6-8-11-17(2)3/h13-14,16-17H,4-12,15H2,1-3H3,(H,22,23). The minimum absolute atomic E-state index is 0.295. The number of ether oxygens (including phenoxy) is 1. The molecule has 136 valence electrons. The molecule has 0 bridgehead atoms. The first kappa shape index (κ1) is 20.5. The van der Waals surface area contributed by atoms with Crippen LogP contribution in [0.1, 0.15) is 88.1 Å². The second kappa shape index (κ2) is 11.9. The average Bonchev–Trinajstić information content (AvgIpc) is 2.55. The van der Waals surface area contributed by atoms with Crippen molar-refractivity contribution < 1.29 is 14.6 Å². The monoisotopic (exact) mass is 334 g/mol. The van der Waals surface area contributed by atoms with Crippen LogP contribution in [-0.4, -0.2) is 17.7 Å². The molecule has 0 aliphatic heterocycles. The predicted octanol–water partition coefficient (Wildman–Crippen LogP) is 6.10. The molecule has 1 aromatic carbocycles. The molecular formula is C21H34O3. The van der Waals surface area contributed by atoms with Crippen LogP contribution in [0.5, 0.6) is 5.75 Å². The molecule has 0 aliphatic rings. The number of rotatable bonds is 13. The smallest absolute Gasteiger partial charge is 0.339 e. The molecule has 1 N–H and O–H groups in total. The Morgan fingerprint density at radius 1 is 1.08 bits per heavy atom. The van der Waals surface area contributed by atoms with Gasteiger partial charge in [-0.05, 0) is 42.9 Å². The highest BCUT2D eigenvalue weighted by Gasteiger charge is 2.12. The highest BCUT2D eigenvalue weighted by molar-refractivity contribution is 5.91. The summed E-state index contributed by atoms with van der Waals surface area (Å²) in [6.07, 6.45) is 10.3. The molecular weight excluding hydrogens is 300 g/mol. The van der Waals surface area contributed by atoms with E-state index in [0.29, 0.717) is 17.9 Å². The summed E-state index contributed by atoms with van der Waals surface area (Å²) in [5.74, 6) is 0.381. The molecule has 24 heavy (non-hydrogen) atoms. The molecule has 1 aromatic rings. The maximum absolute atomic E-state index is 11.5. The number of unbranched alkanes of at least 4 members (excludes halogenated alkanes) is 5. The second-order valence-corrected chi connectivity index (χ2v) is 7.04. The maximum atomic E-state index is 11.5. The predicted molar refractivity (Wildman–Crippen MR) is 100 cm³/mol. The van der Waals surface area contributed by atoms with E-state index in [1.165, 1.54) is 25.7 Å². The molecule has 0 saturated carbocycles. The summed E-state index contributed by atoms with van der Waals surface area (Å²) in [5, 5.41) is 9.41. The molecule has 0 heterocycles. The van der Waals surface area contributed by atoms with Crippen molar-refractivity contribution in [3.05, 3.63) is 29.3 Å². The van der Waals surface area contributed by atoms with Crippen molar-refractivity contribution in [3.8, 4) is 5.75 Å². The summed E-state index contributed by atoms with van der Waals surface area (Å²) < 4.78 is 5.65. The topological polar surface area (TPSA) is 46.5 Å². The van der Waals surface area contributed by atoms with Crippen molar-refractivity contribution in [1.82, 2.24) is 0 Å². The van der Waals surface area contributed by atoms with Gasteiger partial charge in [0.15, 0.2) is 0 Å². The zero-order chi connectivity index (χ0) is 17.8. The van der Waals surface area contributed by atoms with Crippen molar-refractivity contribution >= 4 is 5.97 Å². The molecule has 0 aliphatic carbocycles. The van der Waals surface area contributed by atoms with Gasteiger partial charge in [-0.2, -0.15) is 0 Å². The van der Waals surface area contributed by atoms with Crippen molar-refractivity contribution in [3.63, 3.8) is 0 Å². The third kappa shape index (κ3) is 8.37. The van der Waals surface area contributed by atoms with Crippen molar-refractivity contribution in [2.24, 2.45) is 5.92 Å². The van der Waals surface area contributed by atoms with E-state index in [2.05, 4.69) is 20.8 Å². The molecule has 3 heteroatoms. The second-order valence-electron chi connectivity index (χ2n) is 7.04. The van der Waals surface area contributed by atoms with Crippen LogP contribution in [-0.2, 0) is 6.42 Å².